The van der Waals surface area contributed by atoms with Crippen molar-refractivity contribution in [1.82, 2.24) is 9.97 Å². The van der Waals surface area contributed by atoms with Crippen LogP contribution in [-0.4, -0.2) is 17.0 Å². The van der Waals surface area contributed by atoms with Crippen molar-refractivity contribution in [1.29, 1.82) is 0 Å². The summed E-state index contributed by atoms with van der Waals surface area (Å²) in [7, 11) is 1.81. The number of benzene rings is 1. The first-order chi connectivity index (χ1) is 8.38. The van der Waals surface area contributed by atoms with E-state index in [1.165, 1.54) is 15.6 Å². The van der Waals surface area contributed by atoms with Crippen molar-refractivity contribution >= 4 is 27.4 Å². The van der Waals surface area contributed by atoms with E-state index in [-0.39, 0.29) is 0 Å². The number of aromatic nitrogens is 2. The zero-order valence-electron chi connectivity index (χ0n) is 9.34. The van der Waals surface area contributed by atoms with Gasteiger partial charge in [0.05, 0.1) is 0 Å². The number of rotatable bonds is 2. The van der Waals surface area contributed by atoms with Crippen molar-refractivity contribution in [3.63, 3.8) is 0 Å². The average Bonchev–Trinajstić information content (AvgIpc) is 2.83. The van der Waals surface area contributed by atoms with Gasteiger partial charge in [0.1, 0.15) is 0 Å². The third kappa shape index (κ3) is 1.76. The number of nitrogens with zero attached hydrogens (tertiary/aromatic N) is 2. The van der Waals surface area contributed by atoms with E-state index >= 15 is 0 Å². The lowest BCUT2D eigenvalue weighted by molar-refractivity contribution is 1.15. The minimum absolute atomic E-state index is 0.647. The van der Waals surface area contributed by atoms with Crippen LogP contribution in [0.1, 0.15) is 0 Å². The molecule has 0 radical (unpaired) electrons. The fraction of sp³-hybridized carbons (Fsp3) is 0.0769. The SMILES string of the molecule is CNc1ncc(-c2csc3ccccc23)cn1. The maximum Gasteiger partial charge on any atom is 0.222 e. The summed E-state index contributed by atoms with van der Waals surface area (Å²) in [5.74, 6) is 0.647. The van der Waals surface area contributed by atoms with Crippen LogP contribution in [0.2, 0.25) is 0 Å². The third-order valence-corrected chi connectivity index (χ3v) is 3.63. The van der Waals surface area contributed by atoms with Crippen LogP contribution in [0.25, 0.3) is 21.2 Å². The fourth-order valence-electron chi connectivity index (χ4n) is 1.80. The Hall–Kier alpha value is -1.94. The molecule has 0 bridgehead atoms. The summed E-state index contributed by atoms with van der Waals surface area (Å²) in [5.41, 5.74) is 2.26. The summed E-state index contributed by atoms with van der Waals surface area (Å²) >= 11 is 1.75. The van der Waals surface area contributed by atoms with Gasteiger partial charge in [-0.1, -0.05) is 18.2 Å². The molecule has 0 saturated heterocycles. The standard InChI is InChI=1S/C13H11N3S/c1-14-13-15-6-9(7-16-13)11-8-17-12-5-3-2-4-10(11)12/h2-8H,1H3,(H,14,15,16). The van der Waals surface area contributed by atoms with Crippen LogP contribution in [0, 0.1) is 0 Å². The van der Waals surface area contributed by atoms with Gasteiger partial charge in [0.15, 0.2) is 0 Å². The van der Waals surface area contributed by atoms with E-state index in [0.717, 1.165) is 5.56 Å². The molecular formula is C13H11N3S. The first-order valence-electron chi connectivity index (χ1n) is 5.35. The molecule has 0 saturated carbocycles. The maximum absolute atomic E-state index is 4.24. The van der Waals surface area contributed by atoms with Gasteiger partial charge in [-0.25, -0.2) is 9.97 Å². The van der Waals surface area contributed by atoms with Crippen molar-refractivity contribution in [3.8, 4) is 11.1 Å². The van der Waals surface area contributed by atoms with Gasteiger partial charge in [-0.05, 0) is 11.4 Å². The average molecular weight is 241 g/mol. The Labute approximate surface area is 103 Å². The first kappa shape index (κ1) is 10.2. The zero-order valence-corrected chi connectivity index (χ0v) is 10.2. The van der Waals surface area contributed by atoms with Crippen molar-refractivity contribution in [2.24, 2.45) is 0 Å². The van der Waals surface area contributed by atoms with Gasteiger partial charge in [0.25, 0.3) is 0 Å². The fourth-order valence-corrected chi connectivity index (χ4v) is 2.77. The number of hydrogen-bond acceptors (Lipinski definition) is 4. The minimum atomic E-state index is 0.647. The Balaban J connectivity index is 2.13. The molecule has 1 aromatic carbocycles. The highest BCUT2D eigenvalue weighted by atomic mass is 32.1. The lowest BCUT2D eigenvalue weighted by Gasteiger charge is -2.01. The van der Waals surface area contributed by atoms with Crippen molar-refractivity contribution in [3.05, 3.63) is 42.0 Å². The Morgan fingerprint density at radius 3 is 2.65 bits per heavy atom. The molecule has 3 aromatic rings. The van der Waals surface area contributed by atoms with Crippen LogP contribution < -0.4 is 5.32 Å². The number of thiophene rings is 1. The van der Waals surface area contributed by atoms with Crippen LogP contribution in [0.4, 0.5) is 5.95 Å². The molecule has 2 heterocycles. The van der Waals surface area contributed by atoms with Gasteiger partial charge in [-0.15, -0.1) is 11.3 Å². The van der Waals surface area contributed by atoms with E-state index in [0.29, 0.717) is 5.95 Å². The number of hydrogen-bond donors (Lipinski definition) is 1. The Morgan fingerprint density at radius 1 is 1.12 bits per heavy atom. The first-order valence-corrected chi connectivity index (χ1v) is 6.23. The molecule has 0 spiro atoms. The summed E-state index contributed by atoms with van der Waals surface area (Å²) < 4.78 is 1.29. The second-order valence-corrected chi connectivity index (χ2v) is 4.60. The van der Waals surface area contributed by atoms with Gasteiger partial charge < -0.3 is 5.32 Å². The number of anilines is 1. The van der Waals surface area contributed by atoms with Gasteiger partial charge in [0, 0.05) is 40.7 Å². The van der Waals surface area contributed by atoms with E-state index in [4.69, 9.17) is 0 Å². The van der Waals surface area contributed by atoms with Gasteiger partial charge >= 0.3 is 0 Å². The van der Waals surface area contributed by atoms with Gasteiger partial charge in [-0.2, -0.15) is 0 Å². The molecule has 1 N–H and O–H groups in total. The van der Waals surface area contributed by atoms with Crippen molar-refractivity contribution in [2.75, 3.05) is 12.4 Å². The highest BCUT2D eigenvalue weighted by Crippen LogP contribution is 2.33. The summed E-state index contributed by atoms with van der Waals surface area (Å²) in [5, 5.41) is 6.33. The molecule has 84 valence electrons. The highest BCUT2D eigenvalue weighted by Gasteiger charge is 2.06. The minimum Gasteiger partial charge on any atom is -0.357 e. The van der Waals surface area contributed by atoms with E-state index in [1.807, 2.05) is 19.4 Å². The van der Waals surface area contributed by atoms with E-state index in [1.54, 1.807) is 11.3 Å². The second-order valence-electron chi connectivity index (χ2n) is 3.69. The largest absolute Gasteiger partial charge is 0.357 e. The Morgan fingerprint density at radius 2 is 1.88 bits per heavy atom. The topological polar surface area (TPSA) is 37.8 Å². The highest BCUT2D eigenvalue weighted by molar-refractivity contribution is 7.17. The van der Waals surface area contributed by atoms with Crippen LogP contribution in [0.15, 0.2) is 42.0 Å². The van der Waals surface area contributed by atoms with E-state index in [2.05, 4.69) is 44.9 Å². The maximum atomic E-state index is 4.24. The molecule has 0 aliphatic rings. The molecule has 0 aliphatic carbocycles. The van der Waals surface area contributed by atoms with Gasteiger partial charge in [-0.3, -0.25) is 0 Å². The Kier molecular flexibility index (Phi) is 2.49. The van der Waals surface area contributed by atoms with E-state index in [9.17, 15) is 0 Å². The number of nitrogens with one attached hydrogen (secondary N) is 1. The molecule has 3 nitrogen and oxygen atoms in total. The summed E-state index contributed by atoms with van der Waals surface area (Å²) in [6.45, 7) is 0. The lowest BCUT2D eigenvalue weighted by Crippen LogP contribution is -1.94. The molecule has 4 heteroatoms. The van der Waals surface area contributed by atoms with Crippen LogP contribution in [0.3, 0.4) is 0 Å². The molecule has 0 amide bonds. The zero-order chi connectivity index (χ0) is 11.7. The monoisotopic (exact) mass is 241 g/mol. The predicted octanol–water partition coefficient (Wildman–Crippen LogP) is 3.40. The smallest absolute Gasteiger partial charge is 0.222 e. The number of fused-ring (bicyclic) bond motifs is 1. The lowest BCUT2D eigenvalue weighted by atomic mass is 10.1. The van der Waals surface area contributed by atoms with Gasteiger partial charge in [0.2, 0.25) is 5.95 Å². The second kappa shape index (κ2) is 4.14. The molecule has 0 atom stereocenters. The predicted molar refractivity (Wildman–Crippen MR) is 72.4 cm³/mol. The summed E-state index contributed by atoms with van der Waals surface area (Å²) in [6, 6.07) is 8.38. The molecule has 2 aromatic heterocycles. The quantitative estimate of drug-likeness (QED) is 0.747. The normalized spacial score (nSPS) is 10.6. The van der Waals surface area contributed by atoms with E-state index < -0.39 is 0 Å². The molecule has 0 unspecified atom stereocenters. The Bertz CT molecular complexity index is 643. The molecule has 0 fully saturated rings. The van der Waals surface area contributed by atoms with Crippen LogP contribution >= 0.6 is 11.3 Å². The van der Waals surface area contributed by atoms with Crippen LogP contribution in [-0.2, 0) is 0 Å². The molecule has 17 heavy (non-hydrogen) atoms. The van der Waals surface area contributed by atoms with Crippen molar-refractivity contribution < 1.29 is 0 Å². The third-order valence-electron chi connectivity index (χ3n) is 2.67. The summed E-state index contributed by atoms with van der Waals surface area (Å²) in [4.78, 5) is 8.48. The molecule has 3 rings (SSSR count). The summed E-state index contributed by atoms with van der Waals surface area (Å²) in [6.07, 6.45) is 3.71. The van der Waals surface area contributed by atoms with Crippen LogP contribution in [0.5, 0.6) is 0 Å². The van der Waals surface area contributed by atoms with Crippen molar-refractivity contribution in [2.45, 2.75) is 0 Å². The molecular weight excluding hydrogens is 230 g/mol. The molecule has 0 aliphatic heterocycles.